The predicted octanol–water partition coefficient (Wildman–Crippen LogP) is -0.508. The number of nitrogens with zero attached hydrogens (tertiary/aromatic N) is 2. The number of hydrogen-bond acceptors (Lipinski definition) is 4. The van der Waals surface area contributed by atoms with Crippen molar-refractivity contribution in [1.82, 2.24) is 9.80 Å². The Hall–Kier alpha value is -0.820. The van der Waals surface area contributed by atoms with Crippen LogP contribution in [0.3, 0.4) is 0 Å². The van der Waals surface area contributed by atoms with E-state index in [1.54, 1.807) is 14.1 Å². The van der Waals surface area contributed by atoms with Gasteiger partial charge in [0.25, 0.3) is 0 Å². The van der Waals surface area contributed by atoms with Crippen LogP contribution in [0.2, 0.25) is 0 Å². The van der Waals surface area contributed by atoms with Crippen LogP contribution in [0.25, 0.3) is 0 Å². The van der Waals surface area contributed by atoms with Crippen LogP contribution >= 0.6 is 10.7 Å². The van der Waals surface area contributed by atoms with Gasteiger partial charge in [-0.15, -0.1) is 0 Å². The zero-order chi connectivity index (χ0) is 13.2. The first-order chi connectivity index (χ1) is 7.69. The lowest BCUT2D eigenvalue weighted by Gasteiger charge is -2.18. The molecular formula is C9H15ClN2O4S. The summed E-state index contributed by atoms with van der Waals surface area (Å²) in [5.74, 6) is -0.939. The van der Waals surface area contributed by atoms with Crippen molar-refractivity contribution in [3.63, 3.8) is 0 Å². The standard InChI is InChI=1S/C9H15ClN2O4S/c1-11(2)9(14)5-12-4-7(3-8(12)13)6-17(10,15)16/h7H,3-6H2,1-2H3. The number of carbonyl (C=O) groups is 2. The summed E-state index contributed by atoms with van der Waals surface area (Å²) in [7, 11) is 4.73. The van der Waals surface area contributed by atoms with E-state index >= 15 is 0 Å². The number of amides is 2. The van der Waals surface area contributed by atoms with Gasteiger partial charge in [-0.25, -0.2) is 8.42 Å². The van der Waals surface area contributed by atoms with Crippen molar-refractivity contribution in [3.05, 3.63) is 0 Å². The molecule has 1 unspecified atom stereocenters. The lowest BCUT2D eigenvalue weighted by Crippen LogP contribution is -2.37. The lowest BCUT2D eigenvalue weighted by atomic mass is 10.1. The second-order valence-electron chi connectivity index (χ2n) is 4.34. The second kappa shape index (κ2) is 5.22. The summed E-state index contributed by atoms with van der Waals surface area (Å²) >= 11 is 0. The van der Waals surface area contributed by atoms with Gasteiger partial charge in [-0.05, 0) is 0 Å². The van der Waals surface area contributed by atoms with Gasteiger partial charge in [-0.1, -0.05) is 0 Å². The molecule has 1 rings (SSSR count). The highest BCUT2D eigenvalue weighted by Crippen LogP contribution is 2.20. The van der Waals surface area contributed by atoms with Crippen molar-refractivity contribution >= 4 is 31.5 Å². The Kier molecular flexibility index (Phi) is 4.37. The molecule has 0 bridgehead atoms. The van der Waals surface area contributed by atoms with Gasteiger partial charge in [0.05, 0.1) is 12.3 Å². The molecule has 1 heterocycles. The Bertz CT molecular complexity index is 421. The molecule has 1 aliphatic heterocycles. The van der Waals surface area contributed by atoms with E-state index in [0.29, 0.717) is 0 Å². The zero-order valence-corrected chi connectivity index (χ0v) is 11.3. The Morgan fingerprint density at radius 1 is 1.53 bits per heavy atom. The Balaban J connectivity index is 2.56. The van der Waals surface area contributed by atoms with Crippen LogP contribution in [0, 0.1) is 5.92 Å². The van der Waals surface area contributed by atoms with Crippen LogP contribution < -0.4 is 0 Å². The largest absolute Gasteiger partial charge is 0.347 e. The molecule has 0 spiro atoms. The second-order valence-corrected chi connectivity index (χ2v) is 7.16. The molecule has 0 saturated carbocycles. The minimum atomic E-state index is -3.60. The van der Waals surface area contributed by atoms with Gasteiger partial charge in [-0.3, -0.25) is 9.59 Å². The van der Waals surface area contributed by atoms with Crippen LogP contribution in [0.4, 0.5) is 0 Å². The van der Waals surface area contributed by atoms with E-state index in [1.165, 1.54) is 9.80 Å². The Morgan fingerprint density at radius 3 is 2.59 bits per heavy atom. The molecule has 1 atom stereocenters. The molecule has 0 aromatic heterocycles. The lowest BCUT2D eigenvalue weighted by molar-refractivity contribution is -0.136. The predicted molar refractivity (Wildman–Crippen MR) is 63.0 cm³/mol. The molecule has 0 aromatic rings. The highest BCUT2D eigenvalue weighted by molar-refractivity contribution is 8.13. The molecule has 17 heavy (non-hydrogen) atoms. The molecule has 1 aliphatic rings. The van der Waals surface area contributed by atoms with Crippen molar-refractivity contribution < 1.29 is 18.0 Å². The van der Waals surface area contributed by atoms with E-state index < -0.39 is 9.05 Å². The molecule has 6 nitrogen and oxygen atoms in total. The third-order valence-corrected chi connectivity index (χ3v) is 3.80. The van der Waals surface area contributed by atoms with E-state index in [0.717, 1.165) is 0 Å². The normalized spacial score (nSPS) is 20.8. The highest BCUT2D eigenvalue weighted by atomic mass is 35.7. The first-order valence-corrected chi connectivity index (χ1v) is 7.57. The topological polar surface area (TPSA) is 74.8 Å². The number of rotatable bonds is 4. The smallest absolute Gasteiger partial charge is 0.241 e. The molecule has 0 N–H and O–H groups in total. The van der Waals surface area contributed by atoms with E-state index in [1.807, 2.05) is 0 Å². The summed E-state index contributed by atoms with van der Waals surface area (Å²) in [6, 6.07) is 0. The molecule has 2 amide bonds. The molecular weight excluding hydrogens is 268 g/mol. The van der Waals surface area contributed by atoms with E-state index in [9.17, 15) is 18.0 Å². The van der Waals surface area contributed by atoms with Crippen molar-refractivity contribution in [2.24, 2.45) is 5.92 Å². The monoisotopic (exact) mass is 282 g/mol. The summed E-state index contributed by atoms with van der Waals surface area (Å²) in [5, 5.41) is 0. The maximum absolute atomic E-state index is 11.5. The maximum Gasteiger partial charge on any atom is 0.241 e. The molecule has 8 heteroatoms. The summed E-state index contributed by atoms with van der Waals surface area (Å²) in [5.41, 5.74) is 0. The summed E-state index contributed by atoms with van der Waals surface area (Å²) < 4.78 is 21.8. The quantitative estimate of drug-likeness (QED) is 0.651. The molecule has 0 radical (unpaired) electrons. The third-order valence-electron chi connectivity index (χ3n) is 2.55. The fourth-order valence-corrected chi connectivity index (χ4v) is 3.03. The molecule has 1 fully saturated rings. The van der Waals surface area contributed by atoms with Crippen LogP contribution in [0.1, 0.15) is 6.42 Å². The summed E-state index contributed by atoms with van der Waals surface area (Å²) in [6.45, 7) is 0.259. The average Bonchev–Trinajstić information content (AvgIpc) is 2.43. The Morgan fingerprint density at radius 2 is 2.12 bits per heavy atom. The number of hydrogen-bond donors (Lipinski definition) is 0. The molecule has 0 aromatic carbocycles. The average molecular weight is 283 g/mol. The van der Waals surface area contributed by atoms with Crippen molar-refractivity contribution in [2.75, 3.05) is 32.9 Å². The van der Waals surface area contributed by atoms with E-state index in [4.69, 9.17) is 10.7 Å². The van der Waals surface area contributed by atoms with Crippen LogP contribution in [0.5, 0.6) is 0 Å². The first kappa shape index (κ1) is 14.2. The molecule has 1 saturated heterocycles. The highest BCUT2D eigenvalue weighted by Gasteiger charge is 2.33. The minimum absolute atomic E-state index is 0.00926. The van der Waals surface area contributed by atoms with Gasteiger partial charge in [-0.2, -0.15) is 0 Å². The molecule has 0 aliphatic carbocycles. The molecule has 98 valence electrons. The van der Waals surface area contributed by atoms with E-state index in [2.05, 4.69) is 0 Å². The van der Waals surface area contributed by atoms with Gasteiger partial charge in [0.2, 0.25) is 20.9 Å². The maximum atomic E-state index is 11.5. The van der Waals surface area contributed by atoms with Gasteiger partial charge in [0.15, 0.2) is 0 Å². The zero-order valence-electron chi connectivity index (χ0n) is 9.72. The first-order valence-electron chi connectivity index (χ1n) is 5.09. The number of carbonyl (C=O) groups excluding carboxylic acids is 2. The summed E-state index contributed by atoms with van der Waals surface area (Å²) in [4.78, 5) is 25.7. The number of halogens is 1. The number of likely N-dealkylation sites (N-methyl/N-ethyl adjacent to an activating group) is 1. The van der Waals surface area contributed by atoms with Gasteiger partial charge < -0.3 is 9.80 Å². The fraction of sp³-hybridized carbons (Fsp3) is 0.778. The summed E-state index contributed by atoms with van der Waals surface area (Å²) in [6.07, 6.45) is 0.132. The van der Waals surface area contributed by atoms with Crippen molar-refractivity contribution in [3.8, 4) is 0 Å². The fourth-order valence-electron chi connectivity index (χ4n) is 1.70. The SMILES string of the molecule is CN(C)C(=O)CN1CC(CS(=O)(=O)Cl)CC1=O. The van der Waals surface area contributed by atoms with Crippen molar-refractivity contribution in [1.29, 1.82) is 0 Å². The van der Waals surface area contributed by atoms with E-state index in [-0.39, 0.29) is 43.0 Å². The minimum Gasteiger partial charge on any atom is -0.347 e. The Labute approximate surface area is 105 Å². The van der Waals surface area contributed by atoms with Crippen molar-refractivity contribution in [2.45, 2.75) is 6.42 Å². The van der Waals surface area contributed by atoms with Crippen LogP contribution in [-0.2, 0) is 18.6 Å². The van der Waals surface area contributed by atoms with Gasteiger partial charge >= 0.3 is 0 Å². The number of likely N-dealkylation sites (tertiary alicyclic amines) is 1. The van der Waals surface area contributed by atoms with Gasteiger partial charge in [0, 0.05) is 43.7 Å². The van der Waals surface area contributed by atoms with Crippen LogP contribution in [0.15, 0.2) is 0 Å². The third kappa shape index (κ3) is 4.51. The van der Waals surface area contributed by atoms with Gasteiger partial charge in [0.1, 0.15) is 0 Å². The van der Waals surface area contributed by atoms with Crippen LogP contribution in [-0.4, -0.2) is 63.0 Å².